The normalized spacial score (nSPS) is 12.1. The third-order valence-electron chi connectivity index (χ3n) is 2.08. The van der Waals surface area contributed by atoms with Crippen LogP contribution in [0.4, 0.5) is 0 Å². The third kappa shape index (κ3) is 2.63. The SMILES string of the molecule is C=CCC(C=C)c1ccc(Cl)c(Cl)c1. The first-order valence-corrected chi connectivity index (χ1v) is 5.13. The highest BCUT2D eigenvalue weighted by Gasteiger charge is 2.07. The van der Waals surface area contributed by atoms with Crippen molar-refractivity contribution in [2.45, 2.75) is 12.3 Å². The van der Waals surface area contributed by atoms with Crippen molar-refractivity contribution >= 4 is 23.2 Å². The molecular formula is C12H12Cl2. The van der Waals surface area contributed by atoms with E-state index in [0.717, 1.165) is 12.0 Å². The molecule has 0 saturated carbocycles. The van der Waals surface area contributed by atoms with Gasteiger partial charge in [-0.2, -0.15) is 0 Å². The molecule has 1 unspecified atom stereocenters. The van der Waals surface area contributed by atoms with E-state index in [4.69, 9.17) is 23.2 Å². The fourth-order valence-electron chi connectivity index (χ4n) is 1.29. The van der Waals surface area contributed by atoms with Crippen LogP contribution in [-0.2, 0) is 0 Å². The van der Waals surface area contributed by atoms with E-state index in [0.29, 0.717) is 10.0 Å². The van der Waals surface area contributed by atoms with Gasteiger partial charge in [0.1, 0.15) is 0 Å². The lowest BCUT2D eigenvalue weighted by Crippen LogP contribution is -1.92. The molecule has 14 heavy (non-hydrogen) atoms. The molecule has 0 fully saturated rings. The van der Waals surface area contributed by atoms with Gasteiger partial charge in [-0.25, -0.2) is 0 Å². The topological polar surface area (TPSA) is 0 Å². The zero-order chi connectivity index (χ0) is 10.6. The maximum atomic E-state index is 5.92. The quantitative estimate of drug-likeness (QED) is 0.645. The fraction of sp³-hybridized carbons (Fsp3) is 0.167. The number of halogens is 2. The predicted octanol–water partition coefficient (Wildman–Crippen LogP) is 4.84. The molecule has 74 valence electrons. The molecule has 0 saturated heterocycles. The van der Waals surface area contributed by atoms with Crippen LogP contribution in [0.3, 0.4) is 0 Å². The highest BCUT2D eigenvalue weighted by Crippen LogP contribution is 2.28. The van der Waals surface area contributed by atoms with Crippen molar-refractivity contribution in [1.29, 1.82) is 0 Å². The molecule has 0 N–H and O–H groups in total. The van der Waals surface area contributed by atoms with Gasteiger partial charge in [0.2, 0.25) is 0 Å². The lowest BCUT2D eigenvalue weighted by molar-refractivity contribution is 0.868. The van der Waals surface area contributed by atoms with Gasteiger partial charge in [-0.1, -0.05) is 41.4 Å². The minimum Gasteiger partial charge on any atom is -0.103 e. The maximum absolute atomic E-state index is 5.92. The van der Waals surface area contributed by atoms with Crippen LogP contribution in [-0.4, -0.2) is 0 Å². The van der Waals surface area contributed by atoms with E-state index in [1.54, 1.807) is 6.07 Å². The van der Waals surface area contributed by atoms with Crippen molar-refractivity contribution in [2.75, 3.05) is 0 Å². The summed E-state index contributed by atoms with van der Waals surface area (Å²) in [5.74, 6) is 0.266. The molecule has 0 aliphatic carbocycles. The maximum Gasteiger partial charge on any atom is 0.0595 e. The molecule has 0 aliphatic rings. The van der Waals surface area contributed by atoms with Gasteiger partial charge in [0.05, 0.1) is 10.0 Å². The third-order valence-corrected chi connectivity index (χ3v) is 2.82. The van der Waals surface area contributed by atoms with Crippen LogP contribution >= 0.6 is 23.2 Å². The number of allylic oxidation sites excluding steroid dienone is 2. The Morgan fingerprint density at radius 1 is 1.21 bits per heavy atom. The highest BCUT2D eigenvalue weighted by molar-refractivity contribution is 6.42. The Kier molecular flexibility index (Phi) is 4.24. The van der Waals surface area contributed by atoms with Gasteiger partial charge < -0.3 is 0 Å². The fourth-order valence-corrected chi connectivity index (χ4v) is 1.60. The standard InChI is InChI=1S/C12H12Cl2/c1-3-5-9(4-2)10-6-7-11(13)12(14)8-10/h3-4,6-9H,1-2,5H2. The van der Waals surface area contributed by atoms with Crippen molar-refractivity contribution in [1.82, 2.24) is 0 Å². The average molecular weight is 227 g/mol. The van der Waals surface area contributed by atoms with Gasteiger partial charge >= 0.3 is 0 Å². The zero-order valence-electron chi connectivity index (χ0n) is 7.84. The number of rotatable bonds is 4. The minimum absolute atomic E-state index is 0.266. The van der Waals surface area contributed by atoms with E-state index in [-0.39, 0.29) is 5.92 Å². The number of benzene rings is 1. The lowest BCUT2D eigenvalue weighted by atomic mass is 9.96. The average Bonchev–Trinajstić information content (AvgIpc) is 2.19. The monoisotopic (exact) mass is 226 g/mol. The summed E-state index contributed by atoms with van der Waals surface area (Å²) in [5.41, 5.74) is 1.12. The smallest absolute Gasteiger partial charge is 0.0595 e. The zero-order valence-corrected chi connectivity index (χ0v) is 9.35. The Hall–Kier alpha value is -0.720. The summed E-state index contributed by atoms with van der Waals surface area (Å²) in [6.45, 7) is 7.49. The van der Waals surface area contributed by atoms with Gasteiger partial charge in [-0.15, -0.1) is 13.2 Å². The predicted molar refractivity (Wildman–Crippen MR) is 64.2 cm³/mol. The molecule has 0 aromatic heterocycles. The Morgan fingerprint density at radius 2 is 1.93 bits per heavy atom. The summed E-state index contributed by atoms with van der Waals surface area (Å²) in [6, 6.07) is 5.64. The first kappa shape index (κ1) is 11.4. The minimum atomic E-state index is 0.266. The largest absolute Gasteiger partial charge is 0.103 e. The molecule has 0 amide bonds. The molecule has 2 heteroatoms. The van der Waals surface area contributed by atoms with Crippen LogP contribution in [0.2, 0.25) is 10.0 Å². The van der Waals surface area contributed by atoms with Crippen LogP contribution in [0.25, 0.3) is 0 Å². The molecule has 1 rings (SSSR count). The summed E-state index contributed by atoms with van der Waals surface area (Å²) in [7, 11) is 0. The molecule has 0 radical (unpaired) electrons. The lowest BCUT2D eigenvalue weighted by Gasteiger charge is -2.10. The summed E-state index contributed by atoms with van der Waals surface area (Å²) >= 11 is 11.8. The van der Waals surface area contributed by atoms with Crippen molar-refractivity contribution in [3.05, 3.63) is 59.1 Å². The molecule has 1 atom stereocenters. The highest BCUT2D eigenvalue weighted by atomic mass is 35.5. The van der Waals surface area contributed by atoms with E-state index < -0.39 is 0 Å². The molecular weight excluding hydrogens is 215 g/mol. The molecule has 0 heterocycles. The summed E-state index contributed by atoms with van der Waals surface area (Å²) in [5, 5.41) is 1.16. The van der Waals surface area contributed by atoms with Crippen LogP contribution in [0, 0.1) is 0 Å². The second kappa shape index (κ2) is 5.23. The Morgan fingerprint density at radius 3 is 2.43 bits per heavy atom. The van der Waals surface area contributed by atoms with E-state index >= 15 is 0 Å². The van der Waals surface area contributed by atoms with Crippen molar-refractivity contribution in [3.63, 3.8) is 0 Å². The molecule has 1 aromatic rings. The molecule has 0 nitrogen and oxygen atoms in total. The van der Waals surface area contributed by atoms with Crippen molar-refractivity contribution in [2.24, 2.45) is 0 Å². The van der Waals surface area contributed by atoms with E-state index in [9.17, 15) is 0 Å². The van der Waals surface area contributed by atoms with E-state index in [1.807, 2.05) is 24.3 Å². The van der Waals surface area contributed by atoms with Gasteiger partial charge in [-0.3, -0.25) is 0 Å². The number of hydrogen-bond acceptors (Lipinski definition) is 0. The molecule has 0 spiro atoms. The Bertz CT molecular complexity index is 342. The van der Waals surface area contributed by atoms with Crippen LogP contribution in [0.5, 0.6) is 0 Å². The molecule has 0 bridgehead atoms. The van der Waals surface area contributed by atoms with Crippen LogP contribution in [0.1, 0.15) is 17.9 Å². The van der Waals surface area contributed by atoms with E-state index in [1.165, 1.54) is 0 Å². The van der Waals surface area contributed by atoms with Crippen molar-refractivity contribution < 1.29 is 0 Å². The van der Waals surface area contributed by atoms with Gasteiger partial charge in [0.25, 0.3) is 0 Å². The second-order valence-electron chi connectivity index (χ2n) is 3.04. The molecule has 1 aromatic carbocycles. The van der Waals surface area contributed by atoms with Gasteiger partial charge in [-0.05, 0) is 24.1 Å². The summed E-state index contributed by atoms with van der Waals surface area (Å²) < 4.78 is 0. The second-order valence-corrected chi connectivity index (χ2v) is 3.85. The van der Waals surface area contributed by atoms with Crippen molar-refractivity contribution in [3.8, 4) is 0 Å². The summed E-state index contributed by atoms with van der Waals surface area (Å²) in [6.07, 6.45) is 4.62. The molecule has 0 aliphatic heterocycles. The van der Waals surface area contributed by atoms with Gasteiger partial charge in [0, 0.05) is 5.92 Å². The van der Waals surface area contributed by atoms with E-state index in [2.05, 4.69) is 13.2 Å². The van der Waals surface area contributed by atoms with Gasteiger partial charge in [0.15, 0.2) is 0 Å². The summed E-state index contributed by atoms with van der Waals surface area (Å²) in [4.78, 5) is 0. The Labute approximate surface area is 94.8 Å². The first-order chi connectivity index (χ1) is 6.69. The van der Waals surface area contributed by atoms with Crippen LogP contribution < -0.4 is 0 Å². The first-order valence-electron chi connectivity index (χ1n) is 4.37. The Balaban J connectivity index is 2.98. The number of hydrogen-bond donors (Lipinski definition) is 0. The van der Waals surface area contributed by atoms with Crippen LogP contribution in [0.15, 0.2) is 43.5 Å².